The van der Waals surface area contributed by atoms with E-state index in [4.69, 9.17) is 4.74 Å². The van der Waals surface area contributed by atoms with Gasteiger partial charge < -0.3 is 4.74 Å². The topological polar surface area (TPSA) is 9.23 Å². The summed E-state index contributed by atoms with van der Waals surface area (Å²) in [7, 11) is 0. The highest BCUT2D eigenvalue weighted by Gasteiger charge is 2.46. The summed E-state index contributed by atoms with van der Waals surface area (Å²) in [5.74, 6) is 0.818. The molecule has 0 N–H and O–H groups in total. The summed E-state index contributed by atoms with van der Waals surface area (Å²) in [6.45, 7) is 11.5. The van der Waals surface area contributed by atoms with Crippen LogP contribution in [0.1, 0.15) is 47.0 Å². The molecule has 0 atom stereocenters. The fourth-order valence-corrected chi connectivity index (χ4v) is 3.03. The Kier molecular flexibility index (Phi) is 3.94. The highest BCUT2D eigenvalue weighted by atomic mass is 16.5. The average Bonchev–Trinajstić information content (AvgIpc) is 2.38. The van der Waals surface area contributed by atoms with Gasteiger partial charge in [0.1, 0.15) is 0 Å². The standard InChI is InChI=1S/C14H24O.BH3/c1-13(2)9-12(10-14(13,3)4)11-5-7-15-8-6-11;/h5,12H,6-10H2,1-4H3;1H3. The zero-order valence-electron chi connectivity index (χ0n) is 10.6. The molecule has 0 unspecified atom stereocenters. The van der Waals surface area contributed by atoms with E-state index in [9.17, 15) is 0 Å². The minimum atomic E-state index is 0. The van der Waals surface area contributed by atoms with E-state index in [1.165, 1.54) is 12.8 Å². The predicted molar refractivity (Wildman–Crippen MR) is 73.7 cm³/mol. The van der Waals surface area contributed by atoms with Crippen molar-refractivity contribution in [3.8, 4) is 0 Å². The molecule has 2 rings (SSSR count). The summed E-state index contributed by atoms with van der Waals surface area (Å²) in [4.78, 5) is 0. The van der Waals surface area contributed by atoms with Crippen LogP contribution in [0.3, 0.4) is 0 Å². The Morgan fingerprint density at radius 1 is 1.12 bits per heavy atom. The van der Waals surface area contributed by atoms with Crippen molar-refractivity contribution in [1.82, 2.24) is 0 Å². The van der Waals surface area contributed by atoms with Gasteiger partial charge in [-0.1, -0.05) is 39.3 Å². The number of rotatable bonds is 1. The maximum Gasteiger partial charge on any atom is 0.0814 e. The summed E-state index contributed by atoms with van der Waals surface area (Å²) >= 11 is 0. The molecule has 1 saturated carbocycles. The molecule has 16 heavy (non-hydrogen) atoms. The van der Waals surface area contributed by atoms with E-state index < -0.39 is 0 Å². The molecule has 2 heteroatoms. The van der Waals surface area contributed by atoms with Crippen molar-refractivity contribution < 1.29 is 4.74 Å². The molecule has 0 aromatic heterocycles. The second-order valence-electron chi connectivity index (χ2n) is 6.48. The third kappa shape index (κ3) is 2.37. The molecule has 0 radical (unpaired) electrons. The number of hydrogen-bond donors (Lipinski definition) is 0. The molecule has 0 spiro atoms. The maximum atomic E-state index is 5.39. The molecular weight excluding hydrogens is 195 g/mol. The van der Waals surface area contributed by atoms with Crippen LogP contribution in [0.4, 0.5) is 0 Å². The first kappa shape index (κ1) is 13.8. The number of hydrogen-bond acceptors (Lipinski definition) is 1. The molecule has 1 fully saturated rings. The lowest BCUT2D eigenvalue weighted by atomic mass is 9.71. The van der Waals surface area contributed by atoms with Gasteiger partial charge in [-0.05, 0) is 36.0 Å². The monoisotopic (exact) mass is 222 g/mol. The molecule has 0 aromatic rings. The van der Waals surface area contributed by atoms with Gasteiger partial charge in [0, 0.05) is 0 Å². The summed E-state index contributed by atoms with van der Waals surface area (Å²) in [6, 6.07) is 0. The van der Waals surface area contributed by atoms with Crippen molar-refractivity contribution in [2.24, 2.45) is 16.7 Å². The number of ether oxygens (including phenoxy) is 1. The van der Waals surface area contributed by atoms with Crippen molar-refractivity contribution in [2.45, 2.75) is 47.0 Å². The van der Waals surface area contributed by atoms with Crippen LogP contribution in [0.25, 0.3) is 0 Å². The molecule has 2 aliphatic rings. The Balaban J connectivity index is 0.00000128. The van der Waals surface area contributed by atoms with Crippen LogP contribution in [0.15, 0.2) is 11.6 Å². The molecular formula is C14H27BO. The van der Waals surface area contributed by atoms with E-state index in [2.05, 4.69) is 33.8 Å². The first-order valence-electron chi connectivity index (χ1n) is 6.19. The first-order valence-corrected chi connectivity index (χ1v) is 6.19. The van der Waals surface area contributed by atoms with Crippen molar-refractivity contribution in [2.75, 3.05) is 13.2 Å². The van der Waals surface area contributed by atoms with Gasteiger partial charge in [0.15, 0.2) is 0 Å². The van der Waals surface area contributed by atoms with E-state index in [-0.39, 0.29) is 8.41 Å². The first-order chi connectivity index (χ1) is 6.92. The van der Waals surface area contributed by atoms with Crippen LogP contribution in [0.5, 0.6) is 0 Å². The Labute approximate surface area is 102 Å². The third-order valence-corrected chi connectivity index (χ3v) is 4.87. The molecule has 0 bridgehead atoms. The van der Waals surface area contributed by atoms with Gasteiger partial charge in [-0.15, -0.1) is 0 Å². The summed E-state index contributed by atoms with van der Waals surface area (Å²) < 4.78 is 5.39. The third-order valence-electron chi connectivity index (χ3n) is 4.87. The summed E-state index contributed by atoms with van der Waals surface area (Å²) in [6.07, 6.45) is 6.19. The molecule has 0 saturated heterocycles. The van der Waals surface area contributed by atoms with E-state index >= 15 is 0 Å². The van der Waals surface area contributed by atoms with E-state index in [0.717, 1.165) is 25.6 Å². The lowest BCUT2D eigenvalue weighted by Crippen LogP contribution is -2.25. The largest absolute Gasteiger partial charge is 0.377 e. The lowest BCUT2D eigenvalue weighted by Gasteiger charge is -2.34. The van der Waals surface area contributed by atoms with Crippen LogP contribution < -0.4 is 0 Å². The SMILES string of the molecule is B.CC1(C)CC(C2=CCOCC2)CC1(C)C. The second kappa shape index (κ2) is 4.56. The predicted octanol–water partition coefficient (Wildman–Crippen LogP) is 2.61. The van der Waals surface area contributed by atoms with Gasteiger partial charge in [-0.2, -0.15) is 0 Å². The van der Waals surface area contributed by atoms with E-state index in [1.807, 2.05) is 0 Å². The van der Waals surface area contributed by atoms with Gasteiger partial charge in [-0.25, -0.2) is 0 Å². The van der Waals surface area contributed by atoms with Crippen LogP contribution in [-0.4, -0.2) is 21.6 Å². The van der Waals surface area contributed by atoms with E-state index in [0.29, 0.717) is 10.8 Å². The Morgan fingerprint density at radius 2 is 1.69 bits per heavy atom. The van der Waals surface area contributed by atoms with Crippen molar-refractivity contribution in [3.05, 3.63) is 11.6 Å². The van der Waals surface area contributed by atoms with Crippen molar-refractivity contribution in [1.29, 1.82) is 0 Å². The quantitative estimate of drug-likeness (QED) is 0.489. The van der Waals surface area contributed by atoms with Crippen LogP contribution in [0.2, 0.25) is 0 Å². The van der Waals surface area contributed by atoms with Crippen LogP contribution in [-0.2, 0) is 4.74 Å². The molecule has 0 aromatic carbocycles. The smallest absolute Gasteiger partial charge is 0.0814 e. The summed E-state index contributed by atoms with van der Waals surface area (Å²) in [5.41, 5.74) is 2.63. The van der Waals surface area contributed by atoms with Gasteiger partial charge in [0.05, 0.1) is 21.6 Å². The lowest BCUT2D eigenvalue weighted by molar-refractivity contribution is 0.150. The Bertz CT molecular complexity index is 262. The fourth-order valence-electron chi connectivity index (χ4n) is 3.03. The zero-order valence-corrected chi connectivity index (χ0v) is 10.6. The molecule has 1 aliphatic carbocycles. The molecule has 1 nitrogen and oxygen atoms in total. The van der Waals surface area contributed by atoms with E-state index in [1.54, 1.807) is 5.57 Å². The molecule has 92 valence electrons. The van der Waals surface area contributed by atoms with Crippen molar-refractivity contribution in [3.63, 3.8) is 0 Å². The minimum absolute atomic E-state index is 0. The average molecular weight is 222 g/mol. The molecule has 1 heterocycles. The maximum absolute atomic E-state index is 5.39. The fraction of sp³-hybridized carbons (Fsp3) is 0.857. The normalized spacial score (nSPS) is 28.4. The van der Waals surface area contributed by atoms with Crippen LogP contribution >= 0.6 is 0 Å². The van der Waals surface area contributed by atoms with Crippen LogP contribution in [0, 0.1) is 16.7 Å². The van der Waals surface area contributed by atoms with Crippen molar-refractivity contribution >= 4 is 8.41 Å². The Morgan fingerprint density at radius 3 is 2.12 bits per heavy atom. The van der Waals surface area contributed by atoms with Gasteiger partial charge >= 0.3 is 0 Å². The van der Waals surface area contributed by atoms with Gasteiger partial charge in [0.2, 0.25) is 0 Å². The van der Waals surface area contributed by atoms with Gasteiger partial charge in [0.25, 0.3) is 0 Å². The van der Waals surface area contributed by atoms with Gasteiger partial charge in [-0.3, -0.25) is 0 Å². The highest BCUT2D eigenvalue weighted by Crippen LogP contribution is 2.56. The summed E-state index contributed by atoms with van der Waals surface area (Å²) in [5, 5.41) is 0. The highest BCUT2D eigenvalue weighted by molar-refractivity contribution is 5.75. The second-order valence-corrected chi connectivity index (χ2v) is 6.48. The molecule has 0 amide bonds. The molecule has 1 aliphatic heterocycles. The Hall–Kier alpha value is -0.235. The minimum Gasteiger partial charge on any atom is -0.377 e. The zero-order chi connectivity index (χ0) is 11.1.